The number of hydrogen-bond acceptors (Lipinski definition) is 9. The molecule has 4 aromatic rings. The number of rotatable bonds is 13. The van der Waals surface area contributed by atoms with Crippen LogP contribution in [0.25, 0.3) is 11.1 Å². The first-order valence-corrected chi connectivity index (χ1v) is 14.7. The van der Waals surface area contributed by atoms with Gasteiger partial charge in [0, 0.05) is 30.4 Å². The Labute approximate surface area is 266 Å². The summed E-state index contributed by atoms with van der Waals surface area (Å²) in [5, 5.41) is 22.5. The summed E-state index contributed by atoms with van der Waals surface area (Å²) in [6.07, 6.45) is 1.62. The van der Waals surface area contributed by atoms with Gasteiger partial charge in [-0.1, -0.05) is 35.9 Å². The van der Waals surface area contributed by atoms with Crippen molar-refractivity contribution < 1.29 is 38.7 Å². The zero-order chi connectivity index (χ0) is 32.0. The fourth-order valence-electron chi connectivity index (χ4n) is 4.78. The monoisotopic (exact) mass is 634 g/mol. The number of benzene rings is 3. The minimum Gasteiger partial charge on any atom is -0.488 e. The Morgan fingerprint density at radius 1 is 1.00 bits per heavy atom. The summed E-state index contributed by atoms with van der Waals surface area (Å²) in [7, 11) is 1.54. The van der Waals surface area contributed by atoms with Crippen molar-refractivity contribution in [2.75, 3.05) is 26.9 Å². The number of hydrogen-bond donors (Lipinski definition) is 3. The zero-order valence-corrected chi connectivity index (χ0v) is 26.0. The molecule has 0 saturated carbocycles. The fraction of sp³-hybridized carbons (Fsp3) is 0.294. The maximum atomic E-state index is 11.7. The van der Waals surface area contributed by atoms with E-state index in [-0.39, 0.29) is 19.8 Å². The molecule has 0 fully saturated rings. The van der Waals surface area contributed by atoms with Crippen LogP contribution in [0.4, 0.5) is 0 Å². The Balaban J connectivity index is 1.38. The van der Waals surface area contributed by atoms with Gasteiger partial charge in [-0.25, -0.2) is 4.98 Å². The van der Waals surface area contributed by atoms with Crippen molar-refractivity contribution in [3.05, 3.63) is 94.1 Å². The Hall–Kier alpha value is -4.51. The number of ether oxygens (including phenoxy) is 5. The third-order valence-electron chi connectivity index (χ3n) is 7.66. The Morgan fingerprint density at radius 2 is 1.78 bits per heavy atom. The molecule has 0 bridgehead atoms. The van der Waals surface area contributed by atoms with E-state index in [0.29, 0.717) is 41.2 Å². The average molecular weight is 635 g/mol. The molecule has 0 radical (unpaired) electrons. The quantitative estimate of drug-likeness (QED) is 0.172. The van der Waals surface area contributed by atoms with Crippen molar-refractivity contribution in [3.8, 4) is 40.0 Å². The van der Waals surface area contributed by atoms with Crippen LogP contribution >= 0.6 is 11.6 Å². The lowest BCUT2D eigenvalue weighted by Gasteiger charge is -2.25. The van der Waals surface area contributed by atoms with Crippen molar-refractivity contribution >= 4 is 17.6 Å². The highest BCUT2D eigenvalue weighted by Crippen LogP contribution is 2.37. The molecule has 0 spiro atoms. The number of methoxy groups -OCH3 is 1. The van der Waals surface area contributed by atoms with Crippen molar-refractivity contribution in [1.82, 2.24) is 10.3 Å². The third kappa shape index (κ3) is 7.42. The summed E-state index contributed by atoms with van der Waals surface area (Å²) in [6, 6.07) is 18.9. The average Bonchev–Trinajstić information content (AvgIpc) is 3.06. The summed E-state index contributed by atoms with van der Waals surface area (Å²) in [5.74, 6) is 1.56. The number of fused-ring (bicyclic) bond motifs is 1. The molecule has 5 rings (SSSR count). The number of pyridine rings is 1. The molecule has 0 amide bonds. The number of nitrogens with zero attached hydrogens (tertiary/aromatic N) is 1. The predicted molar refractivity (Wildman–Crippen MR) is 168 cm³/mol. The molecule has 1 aliphatic heterocycles. The number of nitrogens with one attached hydrogen (secondary N) is 1. The molecule has 1 aliphatic rings. The summed E-state index contributed by atoms with van der Waals surface area (Å²) in [4.78, 5) is 15.9. The van der Waals surface area contributed by atoms with Crippen molar-refractivity contribution in [2.24, 2.45) is 0 Å². The van der Waals surface area contributed by atoms with E-state index in [4.69, 9.17) is 35.3 Å². The van der Waals surface area contributed by atoms with Crippen molar-refractivity contribution in [2.45, 2.75) is 39.1 Å². The second-order valence-corrected chi connectivity index (χ2v) is 11.2. The van der Waals surface area contributed by atoms with E-state index in [1.165, 1.54) is 14.0 Å². The van der Waals surface area contributed by atoms with Crippen LogP contribution < -0.4 is 29.0 Å². The number of aliphatic hydroxyl groups excluding tert-OH is 1. The molecule has 0 unspecified atom stereocenters. The van der Waals surface area contributed by atoms with Gasteiger partial charge in [0.15, 0.2) is 11.5 Å². The zero-order valence-electron chi connectivity index (χ0n) is 25.3. The van der Waals surface area contributed by atoms with E-state index in [2.05, 4.69) is 16.4 Å². The van der Waals surface area contributed by atoms with Gasteiger partial charge < -0.3 is 33.9 Å². The molecule has 1 atom stereocenters. The first-order valence-electron chi connectivity index (χ1n) is 14.4. The van der Waals surface area contributed by atoms with E-state index < -0.39 is 18.1 Å². The van der Waals surface area contributed by atoms with Gasteiger partial charge in [-0.05, 0) is 65.9 Å². The van der Waals surface area contributed by atoms with Crippen LogP contribution in [0.2, 0.25) is 5.02 Å². The fourth-order valence-corrected chi connectivity index (χ4v) is 5.02. The second-order valence-electron chi connectivity index (χ2n) is 10.8. The molecule has 2 heterocycles. The number of aromatic nitrogens is 1. The molecule has 11 heteroatoms. The van der Waals surface area contributed by atoms with E-state index in [9.17, 15) is 15.0 Å². The van der Waals surface area contributed by atoms with Crippen LogP contribution in [0, 0.1) is 6.92 Å². The van der Waals surface area contributed by atoms with Gasteiger partial charge in [-0.2, -0.15) is 0 Å². The van der Waals surface area contributed by atoms with Crippen LogP contribution in [-0.4, -0.2) is 53.6 Å². The van der Waals surface area contributed by atoms with E-state index >= 15 is 0 Å². The highest BCUT2D eigenvalue weighted by molar-refractivity contribution is 6.32. The number of carboxylic acid groups (broad SMARTS) is 1. The van der Waals surface area contributed by atoms with Gasteiger partial charge in [-0.3, -0.25) is 10.1 Å². The molecule has 0 saturated heterocycles. The summed E-state index contributed by atoms with van der Waals surface area (Å²) in [6.45, 7) is 4.38. The molecular weight excluding hydrogens is 600 g/mol. The highest BCUT2D eigenvalue weighted by atomic mass is 35.5. The molecule has 236 valence electrons. The van der Waals surface area contributed by atoms with E-state index in [1.54, 1.807) is 30.5 Å². The van der Waals surface area contributed by atoms with Gasteiger partial charge in [0.2, 0.25) is 5.88 Å². The lowest BCUT2D eigenvalue weighted by atomic mass is 9.96. The molecular formula is C34H35ClN2O8. The molecule has 1 aromatic heterocycles. The molecule has 3 aromatic carbocycles. The largest absolute Gasteiger partial charge is 0.488 e. The standard InChI is InChI=1S/C34H35ClN2O8/c1-21-24(5-4-6-26(21)23-7-8-28-31(15-23)43-12-11-42-28)19-45-30-16-29(44-18-22-9-10-36-32(13-22)41-3)25(14-27(30)35)17-37-34(2,20-38)33(39)40/h4-10,13-16,37-38H,11-12,17-20H2,1-3H3,(H,39,40)/t34-/m0/s1. The highest BCUT2D eigenvalue weighted by Gasteiger charge is 2.32. The first kappa shape index (κ1) is 31.9. The number of carboxylic acids is 1. The number of aliphatic hydroxyl groups is 1. The van der Waals surface area contributed by atoms with E-state index in [0.717, 1.165) is 39.3 Å². The van der Waals surface area contributed by atoms with Gasteiger partial charge >= 0.3 is 5.97 Å². The first-order chi connectivity index (χ1) is 21.7. The van der Waals surface area contributed by atoms with Crippen LogP contribution in [0.3, 0.4) is 0 Å². The third-order valence-corrected chi connectivity index (χ3v) is 7.95. The van der Waals surface area contributed by atoms with Crippen LogP contribution in [0.1, 0.15) is 29.2 Å². The van der Waals surface area contributed by atoms with E-state index in [1.807, 2.05) is 37.3 Å². The minimum absolute atomic E-state index is 0.0645. The lowest BCUT2D eigenvalue weighted by molar-refractivity contribution is -0.145. The van der Waals surface area contributed by atoms with Crippen LogP contribution in [0.15, 0.2) is 66.9 Å². The summed E-state index contributed by atoms with van der Waals surface area (Å²) >= 11 is 6.68. The van der Waals surface area contributed by atoms with Gasteiger partial charge in [0.1, 0.15) is 43.5 Å². The van der Waals surface area contributed by atoms with Crippen LogP contribution in [-0.2, 0) is 24.6 Å². The van der Waals surface area contributed by atoms with Gasteiger partial charge in [0.05, 0.1) is 18.7 Å². The minimum atomic E-state index is -1.56. The Morgan fingerprint density at radius 3 is 2.53 bits per heavy atom. The molecule has 0 aliphatic carbocycles. The van der Waals surface area contributed by atoms with Crippen LogP contribution in [0.5, 0.6) is 28.9 Å². The summed E-state index contributed by atoms with van der Waals surface area (Å²) < 4.78 is 29.1. The van der Waals surface area contributed by atoms with Gasteiger partial charge in [0.25, 0.3) is 0 Å². The van der Waals surface area contributed by atoms with Crippen molar-refractivity contribution in [1.29, 1.82) is 0 Å². The number of halogens is 1. The predicted octanol–water partition coefficient (Wildman–Crippen LogP) is 5.57. The number of aliphatic carboxylic acids is 1. The number of carbonyl (C=O) groups is 1. The SMILES string of the molecule is COc1cc(COc2cc(OCc3cccc(-c4ccc5c(c4)OCCO5)c3C)c(Cl)cc2CN[C@@](C)(CO)C(=O)O)ccn1. The second kappa shape index (κ2) is 14.1. The molecule has 3 N–H and O–H groups in total. The van der Waals surface area contributed by atoms with Gasteiger partial charge in [-0.15, -0.1) is 0 Å². The molecule has 10 nitrogen and oxygen atoms in total. The Bertz CT molecular complexity index is 1680. The normalized spacial score (nSPS) is 13.5. The lowest BCUT2D eigenvalue weighted by Crippen LogP contribution is -2.52. The summed E-state index contributed by atoms with van der Waals surface area (Å²) in [5.41, 5.74) is 3.91. The van der Waals surface area contributed by atoms with Crippen molar-refractivity contribution in [3.63, 3.8) is 0 Å². The maximum Gasteiger partial charge on any atom is 0.326 e. The Kier molecular flexibility index (Phi) is 9.97. The smallest absolute Gasteiger partial charge is 0.326 e. The molecule has 45 heavy (non-hydrogen) atoms. The topological polar surface area (TPSA) is 129 Å². The maximum absolute atomic E-state index is 11.7.